The summed E-state index contributed by atoms with van der Waals surface area (Å²) in [6.07, 6.45) is 1.78. The molecule has 0 amide bonds. The third-order valence-corrected chi connectivity index (χ3v) is 2.21. The van der Waals surface area contributed by atoms with Gasteiger partial charge < -0.3 is 0 Å². The van der Waals surface area contributed by atoms with E-state index in [1.807, 2.05) is 19.1 Å². The van der Waals surface area contributed by atoms with Crippen LogP contribution in [0.15, 0.2) is 23.8 Å². The van der Waals surface area contributed by atoms with Gasteiger partial charge in [0.1, 0.15) is 11.2 Å². The molecule has 0 aliphatic carbocycles. The zero-order chi connectivity index (χ0) is 8.39. The summed E-state index contributed by atoms with van der Waals surface area (Å²) in [7, 11) is 0. The molecule has 0 unspecified atom stereocenters. The minimum atomic E-state index is 0.874. The molecule has 2 heterocycles. The van der Waals surface area contributed by atoms with Gasteiger partial charge in [0.2, 0.25) is 0 Å². The lowest BCUT2D eigenvalue weighted by Crippen LogP contribution is -1.82. The van der Waals surface area contributed by atoms with Crippen LogP contribution in [0, 0.1) is 6.92 Å². The summed E-state index contributed by atoms with van der Waals surface area (Å²) >= 11 is 1.50. The molecule has 0 saturated heterocycles. The molecule has 2 aromatic heterocycles. The largest absolute Gasteiger partial charge is 0.254 e. The van der Waals surface area contributed by atoms with Crippen LogP contribution >= 0.6 is 11.3 Å². The van der Waals surface area contributed by atoms with Gasteiger partial charge >= 0.3 is 0 Å². The Balaban J connectivity index is 2.48. The summed E-state index contributed by atoms with van der Waals surface area (Å²) in [6.45, 7) is 2.03. The van der Waals surface area contributed by atoms with Crippen molar-refractivity contribution in [2.45, 2.75) is 6.92 Å². The van der Waals surface area contributed by atoms with Crippen LogP contribution in [0.5, 0.6) is 0 Å². The van der Waals surface area contributed by atoms with Crippen molar-refractivity contribution in [1.82, 2.24) is 15.2 Å². The van der Waals surface area contributed by atoms with Crippen molar-refractivity contribution in [2.75, 3.05) is 0 Å². The second kappa shape index (κ2) is 2.98. The molecule has 60 valence electrons. The summed E-state index contributed by atoms with van der Waals surface area (Å²) in [4.78, 5) is 4.19. The van der Waals surface area contributed by atoms with E-state index in [9.17, 15) is 0 Å². The van der Waals surface area contributed by atoms with Crippen molar-refractivity contribution in [1.29, 1.82) is 0 Å². The maximum atomic E-state index is 4.19. The molecule has 2 aromatic rings. The van der Waals surface area contributed by atoms with Crippen molar-refractivity contribution in [3.8, 4) is 10.7 Å². The number of rotatable bonds is 1. The zero-order valence-electron chi connectivity index (χ0n) is 6.56. The molecule has 4 heteroatoms. The van der Waals surface area contributed by atoms with Gasteiger partial charge in [-0.25, -0.2) is 0 Å². The van der Waals surface area contributed by atoms with Crippen LogP contribution in [-0.2, 0) is 0 Å². The van der Waals surface area contributed by atoms with Gasteiger partial charge in [-0.15, -0.1) is 10.2 Å². The van der Waals surface area contributed by atoms with Crippen molar-refractivity contribution in [3.63, 3.8) is 0 Å². The Morgan fingerprint density at radius 1 is 1.42 bits per heavy atom. The summed E-state index contributed by atoms with van der Waals surface area (Å²) in [6, 6.07) is 3.96. The summed E-state index contributed by atoms with van der Waals surface area (Å²) in [5.74, 6) is 0. The van der Waals surface area contributed by atoms with E-state index in [1.165, 1.54) is 16.9 Å². The van der Waals surface area contributed by atoms with E-state index in [0.717, 1.165) is 10.7 Å². The number of hydrogen-bond donors (Lipinski definition) is 0. The van der Waals surface area contributed by atoms with E-state index in [4.69, 9.17) is 0 Å². The molecule has 0 aliphatic rings. The Labute approximate surface area is 74.1 Å². The Morgan fingerprint density at radius 3 is 3.00 bits per heavy atom. The molecular weight excluding hydrogens is 170 g/mol. The van der Waals surface area contributed by atoms with Crippen LogP contribution in [-0.4, -0.2) is 15.2 Å². The molecule has 0 radical (unpaired) electrons. The highest BCUT2D eigenvalue weighted by Crippen LogP contribution is 2.18. The highest BCUT2D eigenvalue weighted by Gasteiger charge is 2.01. The topological polar surface area (TPSA) is 38.7 Å². The molecule has 0 bridgehead atoms. The van der Waals surface area contributed by atoms with Gasteiger partial charge in [-0.3, -0.25) is 4.98 Å². The molecule has 3 nitrogen and oxygen atoms in total. The van der Waals surface area contributed by atoms with E-state index in [2.05, 4.69) is 15.2 Å². The van der Waals surface area contributed by atoms with Crippen molar-refractivity contribution < 1.29 is 0 Å². The molecule has 2 rings (SSSR count). The lowest BCUT2D eigenvalue weighted by molar-refractivity contribution is 1.08. The molecule has 0 fully saturated rings. The number of aryl methyl sites for hydroxylation is 1. The molecule has 0 atom stereocenters. The number of aromatic nitrogens is 3. The van der Waals surface area contributed by atoms with Crippen LogP contribution in [0.2, 0.25) is 0 Å². The number of hydrogen-bond acceptors (Lipinski definition) is 4. The first-order chi connectivity index (χ1) is 5.86. The van der Waals surface area contributed by atoms with Crippen molar-refractivity contribution in [2.24, 2.45) is 0 Å². The van der Waals surface area contributed by atoms with Crippen LogP contribution in [0.25, 0.3) is 10.7 Å². The summed E-state index contributed by atoms with van der Waals surface area (Å²) in [5.41, 5.74) is 3.80. The number of nitrogens with zero attached hydrogens (tertiary/aromatic N) is 3. The number of pyridine rings is 1. The zero-order valence-corrected chi connectivity index (χ0v) is 7.38. The fraction of sp³-hybridized carbons (Fsp3) is 0.125. The lowest BCUT2D eigenvalue weighted by Gasteiger charge is -1.94. The maximum Gasteiger partial charge on any atom is 0.166 e. The average molecular weight is 177 g/mol. The van der Waals surface area contributed by atoms with Gasteiger partial charge in [0.25, 0.3) is 0 Å². The van der Waals surface area contributed by atoms with Gasteiger partial charge in [0.15, 0.2) is 5.01 Å². The quantitative estimate of drug-likeness (QED) is 0.667. The van der Waals surface area contributed by atoms with Crippen LogP contribution in [0.4, 0.5) is 0 Å². The molecule has 0 saturated carbocycles. The Hall–Kier alpha value is -1.29. The second-order valence-corrected chi connectivity index (χ2v) is 3.30. The van der Waals surface area contributed by atoms with Gasteiger partial charge in [-0.2, -0.15) is 0 Å². The highest BCUT2D eigenvalue weighted by atomic mass is 32.1. The lowest BCUT2D eigenvalue weighted by atomic mass is 10.2. The van der Waals surface area contributed by atoms with Crippen LogP contribution in [0.1, 0.15) is 5.56 Å². The van der Waals surface area contributed by atoms with Crippen LogP contribution < -0.4 is 0 Å². The predicted molar refractivity (Wildman–Crippen MR) is 47.9 cm³/mol. The summed E-state index contributed by atoms with van der Waals surface area (Å²) < 4.78 is 0. The Morgan fingerprint density at radius 2 is 2.33 bits per heavy atom. The van der Waals surface area contributed by atoms with E-state index < -0.39 is 0 Å². The molecule has 0 aliphatic heterocycles. The third kappa shape index (κ3) is 1.33. The molecule has 0 aromatic carbocycles. The second-order valence-electron chi connectivity index (χ2n) is 2.46. The highest BCUT2D eigenvalue weighted by molar-refractivity contribution is 7.12. The monoisotopic (exact) mass is 177 g/mol. The standard InChI is InChI=1S/C8H7N3S/c1-6-2-3-9-7(4-6)8-11-10-5-12-8/h2-5H,1H3. The first-order valence-electron chi connectivity index (χ1n) is 3.55. The fourth-order valence-electron chi connectivity index (χ4n) is 0.938. The maximum absolute atomic E-state index is 4.19. The minimum absolute atomic E-state index is 0.874. The van der Waals surface area contributed by atoms with Crippen molar-refractivity contribution >= 4 is 11.3 Å². The molecule has 12 heavy (non-hydrogen) atoms. The van der Waals surface area contributed by atoms with Gasteiger partial charge in [-0.05, 0) is 24.6 Å². The molecule has 0 N–H and O–H groups in total. The smallest absolute Gasteiger partial charge is 0.166 e. The van der Waals surface area contributed by atoms with Gasteiger partial charge in [0.05, 0.1) is 0 Å². The average Bonchev–Trinajstić information content (AvgIpc) is 2.56. The third-order valence-electron chi connectivity index (χ3n) is 1.49. The Kier molecular flexibility index (Phi) is 1.83. The normalized spacial score (nSPS) is 10.1. The van der Waals surface area contributed by atoms with E-state index in [0.29, 0.717) is 0 Å². The van der Waals surface area contributed by atoms with E-state index >= 15 is 0 Å². The van der Waals surface area contributed by atoms with E-state index in [1.54, 1.807) is 11.7 Å². The molecule has 0 spiro atoms. The SMILES string of the molecule is Cc1ccnc(-c2nncs2)c1. The fourth-order valence-corrected chi connectivity index (χ4v) is 1.46. The predicted octanol–water partition coefficient (Wildman–Crippen LogP) is 1.91. The minimum Gasteiger partial charge on any atom is -0.254 e. The van der Waals surface area contributed by atoms with E-state index in [-0.39, 0.29) is 0 Å². The Bertz CT molecular complexity index is 370. The first-order valence-corrected chi connectivity index (χ1v) is 4.43. The van der Waals surface area contributed by atoms with Crippen LogP contribution in [0.3, 0.4) is 0 Å². The first kappa shape index (κ1) is 7.36. The summed E-state index contributed by atoms with van der Waals surface area (Å²) in [5, 5.41) is 8.56. The van der Waals surface area contributed by atoms with Gasteiger partial charge in [0, 0.05) is 6.20 Å². The van der Waals surface area contributed by atoms with Gasteiger partial charge in [-0.1, -0.05) is 11.3 Å². The molecular formula is C8H7N3S. The van der Waals surface area contributed by atoms with Crippen molar-refractivity contribution in [3.05, 3.63) is 29.4 Å².